The molecular weight excluding hydrogens is 277 g/mol. The molecule has 0 radical (unpaired) electrons. The van der Waals surface area contributed by atoms with Crippen LogP contribution in [0.3, 0.4) is 0 Å². The zero-order valence-corrected chi connectivity index (χ0v) is 12.5. The Kier molecular flexibility index (Phi) is 4.81. The zero-order valence-electron chi connectivity index (χ0n) is 11.8. The molecular formula is C16H19ClFNO. The average Bonchev–Trinajstić information content (AvgIpc) is 2.38. The fraction of sp³-hybridized carbons (Fsp3) is 0.438. The molecule has 4 heteroatoms. The summed E-state index contributed by atoms with van der Waals surface area (Å²) in [6, 6.07) is 4.95. The minimum atomic E-state index is -0.415. The molecule has 20 heavy (non-hydrogen) atoms. The zero-order chi connectivity index (χ0) is 14.7. The van der Waals surface area contributed by atoms with Crippen LogP contribution in [0.15, 0.2) is 24.3 Å². The minimum absolute atomic E-state index is 0.0796. The van der Waals surface area contributed by atoms with Gasteiger partial charge in [0.2, 0.25) is 5.91 Å². The van der Waals surface area contributed by atoms with Crippen molar-refractivity contribution in [3.05, 3.63) is 40.7 Å². The van der Waals surface area contributed by atoms with Gasteiger partial charge in [0.25, 0.3) is 0 Å². The van der Waals surface area contributed by atoms with Crippen molar-refractivity contribution >= 4 is 23.6 Å². The van der Waals surface area contributed by atoms with Crippen molar-refractivity contribution in [3.63, 3.8) is 0 Å². The number of benzene rings is 1. The van der Waals surface area contributed by atoms with Gasteiger partial charge in [-0.25, -0.2) is 4.39 Å². The maximum absolute atomic E-state index is 13.6. The van der Waals surface area contributed by atoms with Crippen molar-refractivity contribution in [2.45, 2.75) is 45.2 Å². The molecule has 108 valence electrons. The molecule has 1 aliphatic rings. The highest BCUT2D eigenvalue weighted by molar-refractivity contribution is 6.32. The van der Waals surface area contributed by atoms with Crippen molar-refractivity contribution in [2.24, 2.45) is 0 Å². The molecule has 2 unspecified atom stereocenters. The summed E-state index contributed by atoms with van der Waals surface area (Å²) in [5.74, 6) is -0.495. The van der Waals surface area contributed by atoms with Crippen molar-refractivity contribution in [2.75, 3.05) is 0 Å². The van der Waals surface area contributed by atoms with Crippen molar-refractivity contribution < 1.29 is 9.18 Å². The summed E-state index contributed by atoms with van der Waals surface area (Å²) in [4.78, 5) is 14.2. The fourth-order valence-corrected chi connectivity index (χ4v) is 2.99. The van der Waals surface area contributed by atoms with E-state index in [1.807, 2.05) is 4.90 Å². The summed E-state index contributed by atoms with van der Waals surface area (Å²) in [6.45, 7) is 4.11. The second-order valence-electron chi connectivity index (χ2n) is 5.34. The number of carbonyl (C=O) groups is 1. The third kappa shape index (κ3) is 3.21. The van der Waals surface area contributed by atoms with E-state index in [-0.39, 0.29) is 23.6 Å². The lowest BCUT2D eigenvalue weighted by atomic mass is 9.97. The number of piperidine rings is 1. The Morgan fingerprint density at radius 3 is 2.60 bits per heavy atom. The predicted octanol–water partition coefficient (Wildman–Crippen LogP) is 4.28. The third-order valence-corrected chi connectivity index (χ3v) is 4.17. The number of rotatable bonds is 2. The summed E-state index contributed by atoms with van der Waals surface area (Å²) in [5, 5.41) is 0.314. The van der Waals surface area contributed by atoms with Gasteiger partial charge in [0.15, 0.2) is 0 Å². The van der Waals surface area contributed by atoms with E-state index in [2.05, 4.69) is 13.8 Å². The van der Waals surface area contributed by atoms with Gasteiger partial charge in [-0.3, -0.25) is 4.79 Å². The standard InChI is InChI=1S/C16H19ClFNO/c1-11-5-3-6-12(2)19(11)16(20)10-9-13-14(17)7-4-8-15(13)18/h4,7-12H,3,5-6H2,1-2H3. The van der Waals surface area contributed by atoms with E-state index in [1.54, 1.807) is 12.1 Å². The lowest BCUT2D eigenvalue weighted by molar-refractivity contribution is -0.131. The summed E-state index contributed by atoms with van der Waals surface area (Å²) >= 11 is 5.94. The van der Waals surface area contributed by atoms with Crippen LogP contribution < -0.4 is 0 Å². The Hall–Kier alpha value is -1.35. The van der Waals surface area contributed by atoms with E-state index >= 15 is 0 Å². The first-order valence-electron chi connectivity index (χ1n) is 6.95. The highest BCUT2D eigenvalue weighted by Crippen LogP contribution is 2.24. The van der Waals surface area contributed by atoms with Gasteiger partial charge < -0.3 is 4.90 Å². The Balaban J connectivity index is 2.16. The molecule has 0 spiro atoms. The van der Waals surface area contributed by atoms with E-state index in [9.17, 15) is 9.18 Å². The number of hydrogen-bond acceptors (Lipinski definition) is 1. The van der Waals surface area contributed by atoms with Crippen molar-refractivity contribution in [3.8, 4) is 0 Å². The number of nitrogens with zero attached hydrogens (tertiary/aromatic N) is 1. The molecule has 2 atom stereocenters. The van der Waals surface area contributed by atoms with Gasteiger partial charge >= 0.3 is 0 Å². The smallest absolute Gasteiger partial charge is 0.247 e. The van der Waals surface area contributed by atoms with Crippen LogP contribution in [0.2, 0.25) is 5.02 Å². The lowest BCUT2D eigenvalue weighted by Gasteiger charge is -2.38. The third-order valence-electron chi connectivity index (χ3n) is 3.84. The highest BCUT2D eigenvalue weighted by Gasteiger charge is 2.27. The molecule has 1 heterocycles. The van der Waals surface area contributed by atoms with Gasteiger partial charge in [-0.2, -0.15) is 0 Å². The Labute approximate surface area is 124 Å². The molecule has 0 aliphatic carbocycles. The Morgan fingerprint density at radius 1 is 1.35 bits per heavy atom. The van der Waals surface area contributed by atoms with Gasteiger partial charge in [-0.05, 0) is 51.3 Å². The summed E-state index contributed by atoms with van der Waals surface area (Å²) in [6.07, 6.45) is 6.07. The van der Waals surface area contributed by atoms with E-state index in [0.29, 0.717) is 5.02 Å². The SMILES string of the molecule is CC1CCCC(C)N1C(=O)C=Cc1c(F)cccc1Cl. The van der Waals surface area contributed by atoms with Crippen LogP contribution in [-0.2, 0) is 4.79 Å². The normalized spacial score (nSPS) is 23.3. The minimum Gasteiger partial charge on any atom is -0.334 e. The predicted molar refractivity (Wildman–Crippen MR) is 80.1 cm³/mol. The number of halogens is 2. The van der Waals surface area contributed by atoms with Crippen LogP contribution in [0.25, 0.3) is 6.08 Å². The molecule has 2 rings (SSSR count). The number of amides is 1. The fourth-order valence-electron chi connectivity index (χ4n) is 2.77. The average molecular weight is 296 g/mol. The summed E-state index contributed by atoms with van der Waals surface area (Å²) in [5.41, 5.74) is 0.264. The van der Waals surface area contributed by atoms with Crippen molar-refractivity contribution in [1.29, 1.82) is 0 Å². The molecule has 0 saturated carbocycles. The molecule has 0 N–H and O–H groups in total. The summed E-state index contributed by atoms with van der Waals surface area (Å²) in [7, 11) is 0. The van der Waals surface area contributed by atoms with Gasteiger partial charge in [-0.15, -0.1) is 0 Å². The van der Waals surface area contributed by atoms with Crippen LogP contribution in [-0.4, -0.2) is 22.9 Å². The molecule has 1 aromatic carbocycles. The Morgan fingerprint density at radius 2 is 2.00 bits per heavy atom. The second-order valence-corrected chi connectivity index (χ2v) is 5.75. The molecule has 2 nitrogen and oxygen atoms in total. The summed E-state index contributed by atoms with van der Waals surface area (Å²) < 4.78 is 13.6. The molecule has 1 aliphatic heterocycles. The van der Waals surface area contributed by atoms with E-state index in [0.717, 1.165) is 19.3 Å². The Bertz CT molecular complexity index is 499. The van der Waals surface area contributed by atoms with Gasteiger partial charge in [0, 0.05) is 23.7 Å². The maximum atomic E-state index is 13.6. The maximum Gasteiger partial charge on any atom is 0.247 e. The van der Waals surface area contributed by atoms with Gasteiger partial charge in [0.05, 0.1) is 5.02 Å². The monoisotopic (exact) mass is 295 g/mol. The first kappa shape index (κ1) is 15.0. The van der Waals surface area contributed by atoms with Crippen LogP contribution in [0.1, 0.15) is 38.7 Å². The van der Waals surface area contributed by atoms with Crippen molar-refractivity contribution in [1.82, 2.24) is 4.90 Å². The van der Waals surface area contributed by atoms with Crippen LogP contribution in [0.4, 0.5) is 4.39 Å². The first-order chi connectivity index (χ1) is 9.50. The quantitative estimate of drug-likeness (QED) is 0.746. The molecule has 0 bridgehead atoms. The highest BCUT2D eigenvalue weighted by atomic mass is 35.5. The largest absolute Gasteiger partial charge is 0.334 e. The molecule has 1 aromatic rings. The van der Waals surface area contributed by atoms with E-state index < -0.39 is 5.82 Å². The second kappa shape index (κ2) is 6.40. The number of likely N-dealkylation sites (tertiary alicyclic amines) is 1. The first-order valence-corrected chi connectivity index (χ1v) is 7.33. The van der Waals surface area contributed by atoms with E-state index in [4.69, 9.17) is 11.6 Å². The number of carbonyl (C=O) groups excluding carboxylic acids is 1. The van der Waals surface area contributed by atoms with Gasteiger partial charge in [-0.1, -0.05) is 17.7 Å². The molecule has 1 saturated heterocycles. The van der Waals surface area contributed by atoms with Gasteiger partial charge in [0.1, 0.15) is 5.82 Å². The van der Waals surface area contributed by atoms with Crippen LogP contribution in [0.5, 0.6) is 0 Å². The lowest BCUT2D eigenvalue weighted by Crippen LogP contribution is -2.46. The molecule has 1 amide bonds. The topological polar surface area (TPSA) is 20.3 Å². The molecule has 1 fully saturated rings. The number of hydrogen-bond donors (Lipinski definition) is 0. The molecule has 0 aromatic heterocycles. The van der Waals surface area contributed by atoms with E-state index in [1.165, 1.54) is 18.2 Å². The van der Waals surface area contributed by atoms with Crippen LogP contribution in [0, 0.1) is 5.82 Å². The van der Waals surface area contributed by atoms with Crippen LogP contribution >= 0.6 is 11.6 Å².